The minimum Gasteiger partial charge on any atom is -0.389 e. The molecule has 0 saturated heterocycles. The third kappa shape index (κ3) is 2.83. The van der Waals surface area contributed by atoms with Crippen molar-refractivity contribution in [2.75, 3.05) is 11.1 Å². The van der Waals surface area contributed by atoms with Gasteiger partial charge in [0.1, 0.15) is 0 Å². The molecule has 1 heterocycles. The van der Waals surface area contributed by atoms with E-state index in [2.05, 4.69) is 9.82 Å². The predicted molar refractivity (Wildman–Crippen MR) is 77.3 cm³/mol. The minimum absolute atomic E-state index is 0.134. The fourth-order valence-electron chi connectivity index (χ4n) is 2.05. The van der Waals surface area contributed by atoms with Gasteiger partial charge in [0.2, 0.25) is 0 Å². The Hall–Kier alpha value is -1.94. The maximum atomic E-state index is 13.0. The van der Waals surface area contributed by atoms with Crippen LogP contribution in [-0.2, 0) is 6.18 Å². The van der Waals surface area contributed by atoms with E-state index in [0.717, 1.165) is 18.0 Å². The van der Waals surface area contributed by atoms with E-state index in [9.17, 15) is 27.9 Å². The molecule has 10 heteroatoms. The highest BCUT2D eigenvalue weighted by molar-refractivity contribution is 7.99. The van der Waals surface area contributed by atoms with Gasteiger partial charge in [0.25, 0.3) is 5.56 Å². The molecule has 3 N–H and O–H groups in total. The number of nitrogens with one attached hydrogen (secondary N) is 2. The Bertz CT molecular complexity index is 826. The molecule has 1 unspecified atom stereocenters. The van der Waals surface area contributed by atoms with Crippen LogP contribution >= 0.6 is 11.9 Å². The molecule has 22 heavy (non-hydrogen) atoms. The standard InChI is InChI=1S/C12H12F3N3O3S/c1-5(19)6-3-7-9(4-8(6)12(13,14)15)16-11(21)18(10(7)20)17-22-2/h3-5,17,19H,1-2H3,(H,16,21). The summed E-state index contributed by atoms with van der Waals surface area (Å²) >= 11 is 0.973. The number of nitrogens with zero attached hydrogens (tertiary/aromatic N) is 1. The normalized spacial score (nSPS) is 13.4. The third-order valence-electron chi connectivity index (χ3n) is 3.01. The first-order chi connectivity index (χ1) is 10.2. The van der Waals surface area contributed by atoms with Gasteiger partial charge >= 0.3 is 11.9 Å². The Labute approximate surface area is 126 Å². The van der Waals surface area contributed by atoms with E-state index in [1.54, 1.807) is 6.26 Å². The molecule has 2 aromatic rings. The molecular weight excluding hydrogens is 323 g/mol. The summed E-state index contributed by atoms with van der Waals surface area (Å²) in [5, 5.41) is 9.41. The van der Waals surface area contributed by atoms with Crippen molar-refractivity contribution in [3.05, 3.63) is 44.1 Å². The zero-order chi connectivity index (χ0) is 16.7. The fraction of sp³-hybridized carbons (Fsp3) is 0.333. The van der Waals surface area contributed by atoms with E-state index >= 15 is 0 Å². The number of rotatable bonds is 3. The summed E-state index contributed by atoms with van der Waals surface area (Å²) in [5.74, 6) is 0. The largest absolute Gasteiger partial charge is 0.416 e. The molecule has 0 spiro atoms. The van der Waals surface area contributed by atoms with Crippen LogP contribution < -0.4 is 16.1 Å². The summed E-state index contributed by atoms with van der Waals surface area (Å²) in [7, 11) is 0. The zero-order valence-corrected chi connectivity index (χ0v) is 12.3. The van der Waals surface area contributed by atoms with Crippen LogP contribution in [0.3, 0.4) is 0 Å². The molecule has 0 saturated carbocycles. The SMILES string of the molecule is CSNn1c(=O)[nH]c2cc(C(F)(F)F)c(C(C)O)cc2c1=O. The molecule has 0 amide bonds. The van der Waals surface area contributed by atoms with Crippen LogP contribution in [0.4, 0.5) is 13.2 Å². The average molecular weight is 335 g/mol. The van der Waals surface area contributed by atoms with Crippen LogP contribution in [0.2, 0.25) is 0 Å². The number of alkyl halides is 3. The van der Waals surface area contributed by atoms with Gasteiger partial charge < -0.3 is 10.1 Å². The number of aromatic amines is 1. The molecule has 0 aliphatic heterocycles. The summed E-state index contributed by atoms with van der Waals surface area (Å²) in [4.78, 5) is 28.5. The Morgan fingerprint density at radius 1 is 1.36 bits per heavy atom. The molecule has 1 aromatic heterocycles. The lowest BCUT2D eigenvalue weighted by Gasteiger charge is -2.16. The second-order valence-electron chi connectivity index (χ2n) is 4.52. The number of aliphatic hydroxyl groups is 1. The topological polar surface area (TPSA) is 87.1 Å². The number of halogens is 3. The van der Waals surface area contributed by atoms with Crippen LogP contribution in [0.5, 0.6) is 0 Å². The summed E-state index contributed by atoms with van der Waals surface area (Å²) in [6, 6.07) is 1.60. The van der Waals surface area contributed by atoms with Gasteiger partial charge in [-0.05, 0) is 36.6 Å². The van der Waals surface area contributed by atoms with Gasteiger partial charge in [0, 0.05) is 6.26 Å². The maximum Gasteiger partial charge on any atom is 0.416 e. The highest BCUT2D eigenvalue weighted by atomic mass is 32.2. The molecule has 6 nitrogen and oxygen atoms in total. The van der Waals surface area contributed by atoms with Crippen molar-refractivity contribution in [1.82, 2.24) is 9.66 Å². The predicted octanol–water partition coefficient (Wildman–Crippen LogP) is 1.58. The Balaban J connectivity index is 2.89. The first-order valence-corrected chi connectivity index (χ1v) is 7.26. The molecule has 1 aromatic carbocycles. The molecule has 0 aliphatic carbocycles. The van der Waals surface area contributed by atoms with Crippen molar-refractivity contribution in [3.63, 3.8) is 0 Å². The van der Waals surface area contributed by atoms with Crippen molar-refractivity contribution < 1.29 is 18.3 Å². The molecule has 0 bridgehead atoms. The van der Waals surface area contributed by atoms with Crippen LogP contribution in [-0.4, -0.2) is 21.0 Å². The van der Waals surface area contributed by atoms with Crippen LogP contribution in [0, 0.1) is 0 Å². The maximum absolute atomic E-state index is 13.0. The third-order valence-corrected chi connectivity index (χ3v) is 3.37. The van der Waals surface area contributed by atoms with Gasteiger partial charge in [-0.2, -0.15) is 17.8 Å². The molecule has 2 rings (SSSR count). The summed E-state index contributed by atoms with van der Waals surface area (Å²) < 4.78 is 39.8. The Morgan fingerprint density at radius 3 is 2.50 bits per heavy atom. The van der Waals surface area contributed by atoms with Gasteiger partial charge in [-0.3, -0.25) is 9.63 Å². The number of hydrogen-bond acceptors (Lipinski definition) is 5. The van der Waals surface area contributed by atoms with Crippen LogP contribution in [0.25, 0.3) is 10.9 Å². The second-order valence-corrected chi connectivity index (χ2v) is 5.12. The van der Waals surface area contributed by atoms with Crippen molar-refractivity contribution in [2.45, 2.75) is 19.2 Å². The number of aliphatic hydroxyl groups excluding tert-OH is 1. The van der Waals surface area contributed by atoms with Crippen LogP contribution in [0.15, 0.2) is 21.7 Å². The van der Waals surface area contributed by atoms with Crippen molar-refractivity contribution in [2.24, 2.45) is 0 Å². The smallest absolute Gasteiger partial charge is 0.389 e. The second kappa shape index (κ2) is 5.69. The molecule has 0 fully saturated rings. The lowest BCUT2D eigenvalue weighted by Crippen LogP contribution is -2.39. The van der Waals surface area contributed by atoms with Crippen LogP contribution in [0.1, 0.15) is 24.2 Å². The monoisotopic (exact) mass is 335 g/mol. The lowest BCUT2D eigenvalue weighted by molar-refractivity contribution is -0.139. The van der Waals surface area contributed by atoms with Gasteiger partial charge in [-0.15, -0.1) is 0 Å². The number of aromatic nitrogens is 2. The number of benzene rings is 1. The van der Waals surface area contributed by atoms with E-state index in [4.69, 9.17) is 0 Å². The van der Waals surface area contributed by atoms with Crippen molar-refractivity contribution in [3.8, 4) is 0 Å². The van der Waals surface area contributed by atoms with Gasteiger partial charge in [-0.25, -0.2) is 4.79 Å². The van der Waals surface area contributed by atoms with E-state index in [0.29, 0.717) is 10.7 Å². The number of H-pyrrole nitrogens is 1. The van der Waals surface area contributed by atoms with Gasteiger partial charge in [0.15, 0.2) is 0 Å². The summed E-state index contributed by atoms with van der Waals surface area (Å²) in [6.07, 6.45) is -4.57. The minimum atomic E-state index is -4.72. The van der Waals surface area contributed by atoms with Crippen molar-refractivity contribution in [1.29, 1.82) is 0 Å². The zero-order valence-electron chi connectivity index (χ0n) is 11.5. The van der Waals surface area contributed by atoms with Crippen molar-refractivity contribution >= 4 is 22.9 Å². The quantitative estimate of drug-likeness (QED) is 0.742. The van der Waals surface area contributed by atoms with E-state index in [1.165, 1.54) is 6.92 Å². The number of fused-ring (bicyclic) bond motifs is 1. The molecule has 0 radical (unpaired) electrons. The van der Waals surface area contributed by atoms with Gasteiger partial charge in [-0.1, -0.05) is 0 Å². The molecule has 120 valence electrons. The van der Waals surface area contributed by atoms with E-state index in [1.807, 2.05) is 0 Å². The molecule has 0 aliphatic rings. The first kappa shape index (κ1) is 16.4. The fourth-order valence-corrected chi connectivity index (χ4v) is 2.39. The highest BCUT2D eigenvalue weighted by Gasteiger charge is 2.35. The molecular formula is C12H12F3N3O3S. The summed E-state index contributed by atoms with van der Waals surface area (Å²) in [5.41, 5.74) is -3.46. The first-order valence-electron chi connectivity index (χ1n) is 6.04. The number of hydrogen-bond donors (Lipinski definition) is 3. The Kier molecular flexibility index (Phi) is 4.25. The molecule has 1 atom stereocenters. The highest BCUT2D eigenvalue weighted by Crippen LogP contribution is 2.36. The average Bonchev–Trinajstić information content (AvgIpc) is 2.41. The van der Waals surface area contributed by atoms with E-state index in [-0.39, 0.29) is 10.9 Å². The summed E-state index contributed by atoms with van der Waals surface area (Å²) in [6.45, 7) is 1.17. The Morgan fingerprint density at radius 2 is 2.00 bits per heavy atom. The van der Waals surface area contributed by atoms with E-state index < -0.39 is 34.7 Å². The van der Waals surface area contributed by atoms with Gasteiger partial charge in [0.05, 0.1) is 22.6 Å². The lowest BCUT2D eigenvalue weighted by atomic mass is 10.00.